The van der Waals surface area contributed by atoms with Gasteiger partial charge in [-0.25, -0.2) is 4.79 Å². The predicted octanol–water partition coefficient (Wildman–Crippen LogP) is 3.50. The van der Waals surface area contributed by atoms with Crippen LogP contribution < -0.4 is 15.0 Å². The molecule has 3 rings (SSSR count). The maximum Gasteiger partial charge on any atom is 0.338 e. The fourth-order valence-electron chi connectivity index (χ4n) is 3.48. The molecule has 1 heterocycles. The molecule has 32 heavy (non-hydrogen) atoms. The average molecular weight is 458 g/mol. The molecule has 0 spiro atoms. The van der Waals surface area contributed by atoms with E-state index in [1.54, 1.807) is 61.4 Å². The van der Waals surface area contributed by atoms with E-state index in [2.05, 4.69) is 5.32 Å². The van der Waals surface area contributed by atoms with E-state index < -0.39 is 16.9 Å². The number of methoxy groups -OCH3 is 2. The molecule has 0 fully saturated rings. The van der Waals surface area contributed by atoms with Crippen LogP contribution in [0.2, 0.25) is 0 Å². The number of thiocarbonyl (C=S) groups is 1. The molecule has 2 aromatic carbocycles. The first-order chi connectivity index (χ1) is 15.4. The molecule has 0 radical (unpaired) electrons. The Balaban J connectivity index is 2.12. The highest BCUT2D eigenvalue weighted by Crippen LogP contribution is 2.37. The molecule has 10 heteroatoms. The number of nitro groups is 1. The number of allylic oxidation sites excluding steroid dienone is 1. The van der Waals surface area contributed by atoms with E-state index in [4.69, 9.17) is 26.4 Å². The molecular formula is C22H23N3O6S. The van der Waals surface area contributed by atoms with Gasteiger partial charge in [0.05, 0.1) is 35.8 Å². The van der Waals surface area contributed by atoms with E-state index in [0.717, 1.165) is 0 Å². The second-order valence-corrected chi connectivity index (χ2v) is 7.25. The third-order valence-corrected chi connectivity index (χ3v) is 5.30. The van der Waals surface area contributed by atoms with E-state index in [-0.39, 0.29) is 24.5 Å². The van der Waals surface area contributed by atoms with Crippen LogP contribution in [0.5, 0.6) is 5.75 Å². The van der Waals surface area contributed by atoms with Crippen molar-refractivity contribution in [3.8, 4) is 5.75 Å². The van der Waals surface area contributed by atoms with Gasteiger partial charge in [0.2, 0.25) is 0 Å². The third kappa shape index (κ3) is 4.71. The summed E-state index contributed by atoms with van der Waals surface area (Å²) >= 11 is 5.59. The number of ether oxygens (including phenoxy) is 3. The van der Waals surface area contributed by atoms with Crippen LogP contribution in [0.15, 0.2) is 59.8 Å². The van der Waals surface area contributed by atoms with Gasteiger partial charge in [-0.2, -0.15) is 0 Å². The van der Waals surface area contributed by atoms with Gasteiger partial charge in [-0.15, -0.1) is 0 Å². The summed E-state index contributed by atoms with van der Waals surface area (Å²) < 4.78 is 15.5. The van der Waals surface area contributed by atoms with E-state index in [1.165, 1.54) is 13.2 Å². The number of nitro benzene ring substituents is 1. The molecule has 168 valence electrons. The van der Waals surface area contributed by atoms with E-state index in [1.807, 2.05) is 0 Å². The molecule has 0 saturated heterocycles. The summed E-state index contributed by atoms with van der Waals surface area (Å²) in [5.41, 5.74) is 1.61. The van der Waals surface area contributed by atoms with Crippen molar-refractivity contribution < 1.29 is 23.9 Å². The maximum atomic E-state index is 13.1. The number of nitrogens with one attached hydrogen (secondary N) is 1. The molecule has 0 amide bonds. The highest BCUT2D eigenvalue weighted by molar-refractivity contribution is 7.80. The highest BCUT2D eigenvalue weighted by atomic mass is 32.1. The van der Waals surface area contributed by atoms with E-state index in [9.17, 15) is 14.9 Å². The minimum Gasteiger partial charge on any atom is -0.497 e. The second-order valence-electron chi connectivity index (χ2n) is 6.86. The minimum absolute atomic E-state index is 0.0443. The van der Waals surface area contributed by atoms with Crippen LogP contribution in [-0.2, 0) is 14.3 Å². The van der Waals surface area contributed by atoms with Crippen molar-refractivity contribution in [1.29, 1.82) is 0 Å². The predicted molar refractivity (Wildman–Crippen MR) is 123 cm³/mol. The van der Waals surface area contributed by atoms with Gasteiger partial charge >= 0.3 is 5.97 Å². The molecule has 1 unspecified atom stereocenters. The molecule has 0 aromatic heterocycles. The van der Waals surface area contributed by atoms with Crippen LogP contribution in [0.1, 0.15) is 18.5 Å². The first kappa shape index (κ1) is 23.2. The smallest absolute Gasteiger partial charge is 0.338 e. The molecule has 1 aliphatic rings. The molecule has 1 atom stereocenters. The van der Waals surface area contributed by atoms with Crippen LogP contribution in [-0.4, -0.2) is 43.4 Å². The minimum atomic E-state index is -0.853. The Labute approximate surface area is 190 Å². The number of para-hydroxylation sites is 1. The molecule has 0 bridgehead atoms. The molecule has 0 saturated carbocycles. The van der Waals surface area contributed by atoms with Crippen LogP contribution in [0, 0.1) is 10.1 Å². The number of hydrogen-bond acceptors (Lipinski definition) is 7. The van der Waals surface area contributed by atoms with Gasteiger partial charge < -0.3 is 19.5 Å². The molecule has 1 N–H and O–H groups in total. The Hall–Kier alpha value is -3.50. The summed E-state index contributed by atoms with van der Waals surface area (Å²) in [7, 11) is 3.07. The molecular weight excluding hydrogens is 434 g/mol. The third-order valence-electron chi connectivity index (χ3n) is 5.00. The van der Waals surface area contributed by atoms with Crippen molar-refractivity contribution in [3.63, 3.8) is 0 Å². The van der Waals surface area contributed by atoms with Crippen molar-refractivity contribution in [3.05, 3.63) is 75.5 Å². The summed E-state index contributed by atoms with van der Waals surface area (Å²) in [5.74, 6) is 0.0551. The number of carbonyl (C=O) groups is 1. The zero-order valence-corrected chi connectivity index (χ0v) is 18.7. The standard InChI is InChI=1S/C22H23N3O6S/c1-14-19(21(26)31-13-12-29-2)20(17-6-4-5-7-18(17)25(27)28)23-22(32)24(14)15-8-10-16(30-3)11-9-15/h4-11,20H,12-13H2,1-3H3,(H,23,32). The average Bonchev–Trinajstić information content (AvgIpc) is 2.79. The number of carbonyl (C=O) groups excluding carboxylic acids is 1. The Morgan fingerprint density at radius 1 is 1.16 bits per heavy atom. The number of esters is 1. The van der Waals surface area contributed by atoms with Crippen LogP contribution in [0.3, 0.4) is 0 Å². The van der Waals surface area contributed by atoms with Crippen molar-refractivity contribution >= 4 is 34.7 Å². The summed E-state index contributed by atoms with van der Waals surface area (Å²) in [5, 5.41) is 15.0. The SMILES string of the molecule is COCCOC(=O)C1=C(C)N(c2ccc(OC)cc2)C(=S)NC1c1ccccc1[N+](=O)[O-]. The van der Waals surface area contributed by atoms with Crippen LogP contribution in [0.25, 0.3) is 0 Å². The van der Waals surface area contributed by atoms with Gasteiger partial charge in [0.25, 0.3) is 5.69 Å². The van der Waals surface area contributed by atoms with Gasteiger partial charge in [-0.1, -0.05) is 12.1 Å². The van der Waals surface area contributed by atoms with Crippen LogP contribution >= 0.6 is 12.2 Å². The lowest BCUT2D eigenvalue weighted by atomic mass is 9.93. The lowest BCUT2D eigenvalue weighted by molar-refractivity contribution is -0.385. The van der Waals surface area contributed by atoms with Crippen molar-refractivity contribution in [2.75, 3.05) is 32.3 Å². The number of anilines is 1. The highest BCUT2D eigenvalue weighted by Gasteiger charge is 2.38. The van der Waals surface area contributed by atoms with Crippen molar-refractivity contribution in [2.24, 2.45) is 0 Å². The monoisotopic (exact) mass is 457 g/mol. The van der Waals surface area contributed by atoms with Gasteiger partial charge in [0.15, 0.2) is 5.11 Å². The maximum absolute atomic E-state index is 13.1. The molecule has 9 nitrogen and oxygen atoms in total. The Morgan fingerprint density at radius 2 is 1.84 bits per heavy atom. The Kier molecular flexibility index (Phi) is 7.39. The molecule has 2 aromatic rings. The van der Waals surface area contributed by atoms with Gasteiger partial charge in [-0.05, 0) is 49.5 Å². The summed E-state index contributed by atoms with van der Waals surface area (Å²) in [6.45, 7) is 2.00. The van der Waals surface area contributed by atoms with Gasteiger partial charge in [0, 0.05) is 24.6 Å². The largest absolute Gasteiger partial charge is 0.497 e. The fraction of sp³-hybridized carbons (Fsp3) is 0.273. The zero-order valence-electron chi connectivity index (χ0n) is 17.9. The van der Waals surface area contributed by atoms with Crippen molar-refractivity contribution in [1.82, 2.24) is 5.32 Å². The lowest BCUT2D eigenvalue weighted by Gasteiger charge is -2.37. The van der Waals surface area contributed by atoms with Crippen LogP contribution in [0.4, 0.5) is 11.4 Å². The number of benzene rings is 2. The quantitative estimate of drug-likeness (QED) is 0.210. The number of nitrogens with zero attached hydrogens (tertiary/aromatic N) is 2. The number of rotatable bonds is 8. The number of hydrogen-bond donors (Lipinski definition) is 1. The Bertz CT molecular complexity index is 1050. The summed E-state index contributed by atoms with van der Waals surface area (Å²) in [6.07, 6.45) is 0. The topological polar surface area (TPSA) is 103 Å². The molecule has 0 aliphatic carbocycles. The van der Waals surface area contributed by atoms with Gasteiger partial charge in [-0.3, -0.25) is 15.0 Å². The first-order valence-electron chi connectivity index (χ1n) is 9.73. The molecule has 1 aliphatic heterocycles. The van der Waals surface area contributed by atoms with Crippen molar-refractivity contribution in [2.45, 2.75) is 13.0 Å². The summed E-state index contributed by atoms with van der Waals surface area (Å²) in [6, 6.07) is 12.5. The van der Waals surface area contributed by atoms with E-state index in [0.29, 0.717) is 27.8 Å². The zero-order chi connectivity index (χ0) is 23.3. The van der Waals surface area contributed by atoms with Gasteiger partial charge in [0.1, 0.15) is 12.4 Å². The fourth-order valence-corrected chi connectivity index (χ4v) is 3.84. The lowest BCUT2D eigenvalue weighted by Crippen LogP contribution is -2.48. The summed E-state index contributed by atoms with van der Waals surface area (Å²) in [4.78, 5) is 25.9. The normalized spacial score (nSPS) is 15.9. The van der Waals surface area contributed by atoms with E-state index >= 15 is 0 Å². The Morgan fingerprint density at radius 3 is 2.47 bits per heavy atom. The first-order valence-corrected chi connectivity index (χ1v) is 10.1. The second kappa shape index (κ2) is 10.2.